The molecule has 3 heterocycles. The second-order valence-electron chi connectivity index (χ2n) is 8.06. The predicted molar refractivity (Wildman–Crippen MR) is 124 cm³/mol. The Labute approximate surface area is 201 Å². The molecule has 0 aliphatic carbocycles. The molecule has 2 fully saturated rings. The lowest BCUT2D eigenvalue weighted by molar-refractivity contribution is -0.125. The minimum atomic E-state index is -4.77. The first-order valence-corrected chi connectivity index (χ1v) is 11.4. The summed E-state index contributed by atoms with van der Waals surface area (Å²) in [4.78, 5) is 29.7. The van der Waals surface area contributed by atoms with Crippen molar-refractivity contribution in [2.45, 2.75) is 20.0 Å². The Kier molecular flexibility index (Phi) is 7.02. The predicted octanol–water partition coefficient (Wildman–Crippen LogP) is 4.45. The Morgan fingerprint density at radius 2 is 1.60 bits per heavy atom. The third kappa shape index (κ3) is 5.12. The van der Waals surface area contributed by atoms with Gasteiger partial charge in [0.2, 0.25) is 5.76 Å². The fourth-order valence-corrected chi connectivity index (χ4v) is 4.10. The van der Waals surface area contributed by atoms with Crippen molar-refractivity contribution in [2.75, 3.05) is 44.3 Å². The Balaban J connectivity index is 1.64. The van der Waals surface area contributed by atoms with Crippen molar-refractivity contribution in [1.29, 1.82) is 0 Å². The number of halogens is 3. The van der Waals surface area contributed by atoms with Crippen LogP contribution in [0.5, 0.6) is 0 Å². The van der Waals surface area contributed by atoms with E-state index in [-0.39, 0.29) is 30.1 Å². The molecule has 0 unspecified atom stereocenters. The van der Waals surface area contributed by atoms with Crippen LogP contribution >= 0.6 is 0 Å². The molecule has 7 nitrogen and oxygen atoms in total. The molecule has 186 valence electrons. The van der Waals surface area contributed by atoms with Gasteiger partial charge in [0.15, 0.2) is 0 Å². The fourth-order valence-electron chi connectivity index (χ4n) is 4.10. The van der Waals surface area contributed by atoms with E-state index >= 15 is 0 Å². The standard InChI is InChI=1S/C25H26F3N3O4/c1-3-30-22(23(32)31(4-2)24(30)33)18-15-20(35-21(16-18)25(26,27)28)10-7-17-5-8-19(9-6-17)29-11-13-34-14-12-29/h5-10,15-16H,3-4,11-14H2,1-2H3/b10-7?,22-18+. The zero-order chi connectivity index (χ0) is 25.2. The number of allylic oxidation sites excluding steroid dienone is 5. The van der Waals surface area contributed by atoms with Gasteiger partial charge >= 0.3 is 12.2 Å². The van der Waals surface area contributed by atoms with Gasteiger partial charge in [-0.2, -0.15) is 13.2 Å². The largest absolute Gasteiger partial charge is 0.452 e. The number of imide groups is 1. The van der Waals surface area contributed by atoms with E-state index in [9.17, 15) is 22.8 Å². The van der Waals surface area contributed by atoms with Crippen molar-refractivity contribution in [3.05, 3.63) is 70.8 Å². The minimum absolute atomic E-state index is 0.0259. The van der Waals surface area contributed by atoms with E-state index in [0.29, 0.717) is 13.2 Å². The van der Waals surface area contributed by atoms with Crippen molar-refractivity contribution >= 4 is 23.7 Å². The van der Waals surface area contributed by atoms with Gasteiger partial charge in [0.25, 0.3) is 5.91 Å². The Morgan fingerprint density at radius 3 is 2.20 bits per heavy atom. The van der Waals surface area contributed by atoms with Crippen LogP contribution in [0.15, 0.2) is 65.3 Å². The second-order valence-corrected chi connectivity index (χ2v) is 8.06. The molecule has 0 atom stereocenters. The molecule has 0 aromatic heterocycles. The molecule has 0 bridgehead atoms. The van der Waals surface area contributed by atoms with Crippen LogP contribution in [0.1, 0.15) is 19.4 Å². The number of hydrogen-bond donors (Lipinski definition) is 0. The number of carbonyl (C=O) groups is 2. The lowest BCUT2D eigenvalue weighted by Crippen LogP contribution is -2.36. The Bertz CT molecular complexity index is 1110. The van der Waals surface area contributed by atoms with E-state index in [1.165, 1.54) is 17.1 Å². The summed E-state index contributed by atoms with van der Waals surface area (Å²) < 4.78 is 51.2. The molecule has 0 radical (unpaired) electrons. The van der Waals surface area contributed by atoms with E-state index < -0.39 is 23.9 Å². The quantitative estimate of drug-likeness (QED) is 0.452. The smallest absolute Gasteiger partial charge is 0.449 e. The molecule has 3 aliphatic heterocycles. The van der Waals surface area contributed by atoms with Gasteiger partial charge in [-0.05, 0) is 49.8 Å². The van der Waals surface area contributed by atoms with Gasteiger partial charge in [-0.25, -0.2) is 4.79 Å². The number of likely N-dealkylation sites (N-methyl/N-ethyl adjacent to an activating group) is 2. The minimum Gasteiger partial charge on any atom is -0.452 e. The van der Waals surface area contributed by atoms with Crippen LogP contribution < -0.4 is 4.90 Å². The number of morpholine rings is 1. The van der Waals surface area contributed by atoms with Crippen molar-refractivity contribution in [3.8, 4) is 0 Å². The molecule has 0 N–H and O–H groups in total. The maximum absolute atomic E-state index is 13.6. The molecule has 10 heteroatoms. The van der Waals surface area contributed by atoms with Gasteiger partial charge in [-0.1, -0.05) is 18.2 Å². The highest BCUT2D eigenvalue weighted by molar-refractivity contribution is 6.12. The summed E-state index contributed by atoms with van der Waals surface area (Å²) >= 11 is 0. The van der Waals surface area contributed by atoms with Crippen LogP contribution in [0.2, 0.25) is 0 Å². The number of anilines is 1. The van der Waals surface area contributed by atoms with Crippen LogP contribution in [0.25, 0.3) is 6.08 Å². The third-order valence-electron chi connectivity index (χ3n) is 5.89. The highest BCUT2D eigenvalue weighted by Crippen LogP contribution is 2.36. The topological polar surface area (TPSA) is 62.3 Å². The summed E-state index contributed by atoms with van der Waals surface area (Å²) in [7, 11) is 0. The molecule has 4 rings (SSSR count). The van der Waals surface area contributed by atoms with E-state index in [2.05, 4.69) is 4.90 Å². The average molecular weight is 489 g/mol. The molecule has 3 aliphatic rings. The van der Waals surface area contributed by atoms with Crippen molar-refractivity contribution in [2.24, 2.45) is 0 Å². The van der Waals surface area contributed by atoms with Crippen LogP contribution in [0.4, 0.5) is 23.7 Å². The molecule has 3 amide bonds. The lowest BCUT2D eigenvalue weighted by atomic mass is 10.1. The van der Waals surface area contributed by atoms with Gasteiger partial charge in [0.1, 0.15) is 11.5 Å². The second kappa shape index (κ2) is 9.99. The summed E-state index contributed by atoms with van der Waals surface area (Å²) in [5.41, 5.74) is 1.69. The third-order valence-corrected chi connectivity index (χ3v) is 5.89. The molecule has 0 spiro atoms. The average Bonchev–Trinajstić information content (AvgIpc) is 3.11. The highest BCUT2D eigenvalue weighted by Gasteiger charge is 2.43. The molecular formula is C25H26F3N3O4. The monoisotopic (exact) mass is 489 g/mol. The maximum atomic E-state index is 13.6. The van der Waals surface area contributed by atoms with Crippen LogP contribution in [0.3, 0.4) is 0 Å². The van der Waals surface area contributed by atoms with E-state index in [1.54, 1.807) is 19.9 Å². The summed E-state index contributed by atoms with van der Waals surface area (Å²) in [6.45, 7) is 6.48. The van der Waals surface area contributed by atoms with Crippen molar-refractivity contribution in [3.63, 3.8) is 0 Å². The summed E-state index contributed by atoms with van der Waals surface area (Å²) in [5.74, 6) is -1.98. The Hall–Kier alpha value is -3.53. The number of rotatable bonds is 5. The SMILES string of the molecule is CCN1C(=O)/C(=C2/C=C(C=Cc3ccc(N4CCOCC4)cc3)OC(C(F)(F)F)=C2)N(CC)C1=O. The van der Waals surface area contributed by atoms with Crippen molar-refractivity contribution in [1.82, 2.24) is 9.80 Å². The van der Waals surface area contributed by atoms with E-state index in [1.807, 2.05) is 24.3 Å². The molecule has 0 saturated carbocycles. The van der Waals surface area contributed by atoms with E-state index in [4.69, 9.17) is 9.47 Å². The van der Waals surface area contributed by atoms with Gasteiger partial charge in [-0.15, -0.1) is 0 Å². The van der Waals surface area contributed by atoms with Crippen LogP contribution in [-0.4, -0.2) is 67.3 Å². The summed E-state index contributed by atoms with van der Waals surface area (Å²) in [6.07, 6.45) is 0.380. The lowest BCUT2D eigenvalue weighted by Gasteiger charge is -2.28. The van der Waals surface area contributed by atoms with Gasteiger partial charge in [0, 0.05) is 37.4 Å². The van der Waals surface area contributed by atoms with Gasteiger partial charge in [-0.3, -0.25) is 14.6 Å². The number of alkyl halides is 3. The molecule has 1 aromatic carbocycles. The van der Waals surface area contributed by atoms with Crippen molar-refractivity contribution < 1.29 is 32.2 Å². The molecule has 1 aromatic rings. The number of nitrogens with zero attached hydrogens (tertiary/aromatic N) is 3. The Morgan fingerprint density at radius 1 is 0.943 bits per heavy atom. The number of urea groups is 1. The summed E-state index contributed by atoms with van der Waals surface area (Å²) in [6, 6.07) is 7.05. The van der Waals surface area contributed by atoms with Crippen LogP contribution in [0, 0.1) is 0 Å². The van der Waals surface area contributed by atoms with E-state index in [0.717, 1.165) is 35.3 Å². The number of hydrogen-bond acceptors (Lipinski definition) is 5. The number of benzene rings is 1. The number of carbonyl (C=O) groups excluding carboxylic acids is 2. The normalized spacial score (nSPS) is 21.6. The maximum Gasteiger partial charge on any atom is 0.449 e. The first kappa shape index (κ1) is 24.6. The highest BCUT2D eigenvalue weighted by atomic mass is 19.4. The fraction of sp³-hybridized carbons (Fsp3) is 0.360. The first-order chi connectivity index (χ1) is 16.7. The zero-order valence-corrected chi connectivity index (χ0v) is 19.5. The molecule has 35 heavy (non-hydrogen) atoms. The van der Waals surface area contributed by atoms with Gasteiger partial charge in [0.05, 0.1) is 13.2 Å². The summed E-state index contributed by atoms with van der Waals surface area (Å²) in [5, 5.41) is 0. The molecule has 2 saturated heterocycles. The number of ether oxygens (including phenoxy) is 2. The van der Waals surface area contributed by atoms with Crippen LogP contribution in [-0.2, 0) is 14.3 Å². The number of amides is 3. The first-order valence-electron chi connectivity index (χ1n) is 11.4. The van der Waals surface area contributed by atoms with Gasteiger partial charge < -0.3 is 14.4 Å². The molecular weight excluding hydrogens is 463 g/mol. The zero-order valence-electron chi connectivity index (χ0n) is 19.5.